The third kappa shape index (κ3) is 3.35. The van der Waals surface area contributed by atoms with E-state index in [0.29, 0.717) is 17.5 Å². The topological polar surface area (TPSA) is 66.3 Å². The molecule has 0 bridgehead atoms. The summed E-state index contributed by atoms with van der Waals surface area (Å²) >= 11 is 4.86. The number of fused-ring (bicyclic) bond motifs is 2. The molecule has 2 aromatic rings. The molecule has 1 atom stereocenters. The first-order chi connectivity index (χ1) is 13.1. The number of hydrogen-bond acceptors (Lipinski definition) is 6. The lowest BCUT2D eigenvalue weighted by Crippen LogP contribution is -2.50. The van der Waals surface area contributed by atoms with Gasteiger partial charge in [-0.05, 0) is 49.1 Å². The van der Waals surface area contributed by atoms with Gasteiger partial charge in [0.25, 0.3) is 5.91 Å². The van der Waals surface area contributed by atoms with Crippen molar-refractivity contribution in [2.24, 2.45) is 10.1 Å². The van der Waals surface area contributed by atoms with Crippen LogP contribution in [0.2, 0.25) is 0 Å². The van der Waals surface area contributed by atoms with E-state index in [1.54, 1.807) is 5.01 Å². The van der Waals surface area contributed by atoms with Gasteiger partial charge in [0.15, 0.2) is 11.3 Å². The Balaban J connectivity index is 1.90. The smallest absolute Gasteiger partial charge is 0.276 e. The molecule has 138 valence electrons. The van der Waals surface area contributed by atoms with Crippen LogP contribution in [0.1, 0.15) is 18.7 Å². The highest BCUT2D eigenvalue weighted by Gasteiger charge is 2.34. The molecular weight excluding hydrogens is 428 g/mol. The number of nitrogens with zero attached hydrogens (tertiary/aromatic N) is 3. The Kier molecular flexibility index (Phi) is 4.92. The first-order valence-electron chi connectivity index (χ1n) is 8.44. The molecule has 2 aromatic carbocycles. The van der Waals surface area contributed by atoms with Crippen molar-refractivity contribution in [2.75, 3.05) is 12.9 Å². The van der Waals surface area contributed by atoms with Crippen LogP contribution in [-0.2, 0) is 4.79 Å². The van der Waals surface area contributed by atoms with Gasteiger partial charge in [-0.1, -0.05) is 39.8 Å². The van der Waals surface area contributed by atoms with Gasteiger partial charge in [-0.2, -0.15) is 0 Å². The summed E-state index contributed by atoms with van der Waals surface area (Å²) in [6, 6.07) is 13.5. The number of hydrazone groups is 1. The average Bonchev–Trinajstić information content (AvgIpc) is 2.68. The van der Waals surface area contributed by atoms with Gasteiger partial charge in [0.05, 0.1) is 12.0 Å². The molecule has 8 heteroatoms. The first kappa shape index (κ1) is 18.1. The molecule has 2 heterocycles. The molecule has 0 aromatic heterocycles. The predicted octanol–water partition coefficient (Wildman–Crippen LogP) is 2.35. The van der Waals surface area contributed by atoms with E-state index in [-0.39, 0.29) is 5.91 Å². The Bertz CT molecular complexity index is 1050. The van der Waals surface area contributed by atoms with Gasteiger partial charge in [0.1, 0.15) is 11.4 Å². The summed E-state index contributed by atoms with van der Waals surface area (Å²) < 4.78 is 6.41. The first-order valence-corrected chi connectivity index (χ1v) is 10.5. The van der Waals surface area contributed by atoms with E-state index < -0.39 is 6.17 Å². The lowest BCUT2D eigenvalue weighted by molar-refractivity contribution is -0.116. The minimum Gasteiger partial charge on any atom is -0.494 e. The Morgan fingerprint density at radius 1 is 1.26 bits per heavy atom. The molecule has 0 radical (unpaired) electrons. The number of halogens is 1. The average molecular weight is 445 g/mol. The quantitative estimate of drug-likeness (QED) is 0.788. The highest BCUT2D eigenvalue weighted by atomic mass is 79.9. The van der Waals surface area contributed by atoms with E-state index in [1.165, 1.54) is 11.8 Å². The highest BCUT2D eigenvalue weighted by molar-refractivity contribution is 9.10. The van der Waals surface area contributed by atoms with Gasteiger partial charge in [0.2, 0.25) is 0 Å². The van der Waals surface area contributed by atoms with Crippen molar-refractivity contribution >= 4 is 44.5 Å². The molecule has 6 nitrogen and oxygen atoms in total. The molecule has 0 spiro atoms. The fraction of sp³-hybridized carbons (Fsp3) is 0.211. The summed E-state index contributed by atoms with van der Waals surface area (Å²) in [4.78, 5) is 17.7. The third-order valence-electron chi connectivity index (χ3n) is 4.25. The normalized spacial score (nSPS) is 18.1. The van der Waals surface area contributed by atoms with Crippen molar-refractivity contribution < 1.29 is 9.53 Å². The summed E-state index contributed by atoms with van der Waals surface area (Å²) in [6.07, 6.45) is 1.46. The maximum atomic E-state index is 12.8. The fourth-order valence-electron chi connectivity index (χ4n) is 3.06. The molecular formula is C19H17BrN4O2S. The lowest BCUT2D eigenvalue weighted by Gasteiger charge is -2.34. The summed E-state index contributed by atoms with van der Waals surface area (Å²) in [5, 5.41) is 11.2. The molecule has 0 saturated carbocycles. The Labute approximate surface area is 169 Å². The number of amidine groups is 1. The second kappa shape index (κ2) is 7.36. The van der Waals surface area contributed by atoms with Crippen LogP contribution in [-0.4, -0.2) is 28.9 Å². The van der Waals surface area contributed by atoms with Crippen LogP contribution >= 0.6 is 27.7 Å². The molecule has 0 fully saturated rings. The van der Waals surface area contributed by atoms with Gasteiger partial charge in [-0.25, -0.2) is 5.01 Å². The van der Waals surface area contributed by atoms with E-state index >= 15 is 0 Å². The summed E-state index contributed by atoms with van der Waals surface area (Å²) in [5.41, 5.74) is 1.43. The van der Waals surface area contributed by atoms with E-state index in [2.05, 4.69) is 26.3 Å². The SMILES string of the molecule is CCOc1ccc([C@@H]2N=c3ccc(Br)cc3=C3C(=O)NC(SC)=NN32)cc1. The molecule has 27 heavy (non-hydrogen) atoms. The number of rotatable bonds is 3. The number of thioether (sulfide) groups is 1. The molecule has 0 aliphatic carbocycles. The lowest BCUT2D eigenvalue weighted by atomic mass is 10.1. The summed E-state index contributed by atoms with van der Waals surface area (Å²) in [5.74, 6) is 0.620. The van der Waals surface area contributed by atoms with Crippen molar-refractivity contribution in [3.8, 4) is 5.75 Å². The largest absolute Gasteiger partial charge is 0.494 e. The van der Waals surface area contributed by atoms with Gasteiger partial charge in [-0.15, -0.1) is 5.10 Å². The Hall–Kier alpha value is -2.32. The predicted molar refractivity (Wildman–Crippen MR) is 110 cm³/mol. The van der Waals surface area contributed by atoms with E-state index in [9.17, 15) is 4.79 Å². The van der Waals surface area contributed by atoms with Crippen LogP contribution in [0.3, 0.4) is 0 Å². The second-order valence-electron chi connectivity index (χ2n) is 5.92. The van der Waals surface area contributed by atoms with Crippen molar-refractivity contribution in [1.29, 1.82) is 0 Å². The van der Waals surface area contributed by atoms with Crippen molar-refractivity contribution in [3.63, 3.8) is 0 Å². The zero-order chi connectivity index (χ0) is 19.0. The number of carbonyl (C=O) groups is 1. The van der Waals surface area contributed by atoms with E-state index in [0.717, 1.165) is 26.4 Å². The Morgan fingerprint density at radius 3 is 2.74 bits per heavy atom. The zero-order valence-electron chi connectivity index (χ0n) is 14.8. The number of amides is 1. The molecule has 4 rings (SSSR count). The molecule has 0 unspecified atom stereocenters. The summed E-state index contributed by atoms with van der Waals surface area (Å²) in [6.45, 7) is 2.56. The van der Waals surface area contributed by atoms with Crippen molar-refractivity contribution in [1.82, 2.24) is 10.3 Å². The number of carbonyl (C=O) groups excluding carboxylic acids is 1. The maximum Gasteiger partial charge on any atom is 0.276 e. The van der Waals surface area contributed by atoms with Crippen LogP contribution < -0.4 is 20.6 Å². The zero-order valence-corrected chi connectivity index (χ0v) is 17.2. The van der Waals surface area contributed by atoms with Crippen LogP contribution in [0, 0.1) is 0 Å². The summed E-state index contributed by atoms with van der Waals surface area (Å²) in [7, 11) is 0. The Morgan fingerprint density at radius 2 is 2.04 bits per heavy atom. The minimum absolute atomic E-state index is 0.181. The van der Waals surface area contributed by atoms with Crippen LogP contribution in [0.25, 0.3) is 5.70 Å². The molecule has 2 aliphatic rings. The van der Waals surface area contributed by atoms with Crippen LogP contribution in [0.4, 0.5) is 0 Å². The van der Waals surface area contributed by atoms with E-state index in [1.807, 2.05) is 55.6 Å². The van der Waals surface area contributed by atoms with Gasteiger partial charge < -0.3 is 4.74 Å². The second-order valence-corrected chi connectivity index (χ2v) is 7.63. The maximum absolute atomic E-state index is 12.8. The number of ether oxygens (including phenoxy) is 1. The number of benzene rings is 2. The molecule has 1 N–H and O–H groups in total. The van der Waals surface area contributed by atoms with Gasteiger partial charge in [0, 0.05) is 9.69 Å². The van der Waals surface area contributed by atoms with Crippen molar-refractivity contribution in [2.45, 2.75) is 13.1 Å². The standard InChI is InChI=1S/C19H17BrN4O2S/c1-3-26-13-7-4-11(5-8-13)17-21-15-9-6-12(20)10-14(15)16-18(25)22-19(27-2)23-24(16)17/h4-10,17H,3H2,1-2H3,(H,22,23,25)/t17-/m1/s1. The third-order valence-corrected chi connectivity index (χ3v) is 5.32. The molecule has 1 amide bonds. The fourth-order valence-corrected chi connectivity index (χ4v) is 3.79. The van der Waals surface area contributed by atoms with Gasteiger partial charge in [-0.3, -0.25) is 15.1 Å². The number of nitrogens with one attached hydrogen (secondary N) is 1. The minimum atomic E-state index is -0.419. The van der Waals surface area contributed by atoms with Crippen molar-refractivity contribution in [3.05, 3.63) is 63.1 Å². The monoisotopic (exact) mass is 444 g/mol. The van der Waals surface area contributed by atoms with Crippen LogP contribution in [0.15, 0.2) is 57.0 Å². The molecule has 0 saturated heterocycles. The van der Waals surface area contributed by atoms with Crippen LogP contribution in [0.5, 0.6) is 5.75 Å². The van der Waals surface area contributed by atoms with Gasteiger partial charge >= 0.3 is 0 Å². The van der Waals surface area contributed by atoms with E-state index in [4.69, 9.17) is 9.73 Å². The number of hydrogen-bond donors (Lipinski definition) is 1. The highest BCUT2D eigenvalue weighted by Crippen LogP contribution is 2.31. The molecule has 2 aliphatic heterocycles.